The number of nitrogens with zero attached hydrogens (tertiary/aromatic N) is 3. The van der Waals surface area contributed by atoms with Crippen LogP contribution in [-0.4, -0.2) is 67.3 Å². The fourth-order valence-electron chi connectivity index (χ4n) is 3.23. The van der Waals surface area contributed by atoms with Gasteiger partial charge < -0.3 is 10.1 Å². The van der Waals surface area contributed by atoms with Gasteiger partial charge in [-0.2, -0.15) is 0 Å². The normalized spacial score (nSPS) is 24.9. The van der Waals surface area contributed by atoms with Crippen molar-refractivity contribution in [3.63, 3.8) is 0 Å². The molecule has 2 aliphatic rings. The molecule has 2 fully saturated rings. The molecule has 0 aliphatic carbocycles. The van der Waals surface area contributed by atoms with Crippen LogP contribution in [0.1, 0.15) is 12.0 Å². The first-order valence-corrected chi connectivity index (χ1v) is 7.52. The molecule has 0 bridgehead atoms. The lowest BCUT2D eigenvalue weighted by Crippen LogP contribution is -2.44. The molecule has 1 atom stereocenters. The zero-order chi connectivity index (χ0) is 13.8. The van der Waals surface area contributed by atoms with Gasteiger partial charge in [-0.15, -0.1) is 0 Å². The topological polar surface area (TPSA) is 40.6 Å². The summed E-state index contributed by atoms with van der Waals surface area (Å²) < 4.78 is 5.44. The van der Waals surface area contributed by atoms with Gasteiger partial charge in [-0.05, 0) is 12.5 Å². The second-order valence-electron chi connectivity index (χ2n) is 5.59. The number of nitrogens with one attached hydrogen (secondary N) is 1. The molecule has 20 heavy (non-hydrogen) atoms. The van der Waals surface area contributed by atoms with Crippen LogP contribution in [0.4, 0.5) is 5.82 Å². The van der Waals surface area contributed by atoms with Crippen LogP contribution in [0.3, 0.4) is 0 Å². The Labute approximate surface area is 120 Å². The van der Waals surface area contributed by atoms with Crippen molar-refractivity contribution in [1.29, 1.82) is 0 Å². The Morgan fingerprint density at radius 3 is 3.00 bits per heavy atom. The van der Waals surface area contributed by atoms with Crippen molar-refractivity contribution in [1.82, 2.24) is 14.8 Å². The molecule has 1 aromatic rings. The third-order valence-corrected chi connectivity index (χ3v) is 4.33. The van der Waals surface area contributed by atoms with Crippen LogP contribution < -0.4 is 5.32 Å². The minimum atomic E-state index is 0.702. The van der Waals surface area contributed by atoms with Crippen LogP contribution in [0.5, 0.6) is 0 Å². The van der Waals surface area contributed by atoms with E-state index in [4.69, 9.17) is 4.74 Å². The fourth-order valence-corrected chi connectivity index (χ4v) is 3.23. The van der Waals surface area contributed by atoms with Crippen molar-refractivity contribution in [2.75, 3.05) is 51.8 Å². The third kappa shape index (κ3) is 3.11. The number of ether oxygens (including phenoxy) is 1. The summed E-state index contributed by atoms with van der Waals surface area (Å²) >= 11 is 0. The van der Waals surface area contributed by atoms with Crippen LogP contribution in [-0.2, 0) is 11.3 Å². The van der Waals surface area contributed by atoms with E-state index in [1.165, 1.54) is 18.5 Å². The largest absolute Gasteiger partial charge is 0.379 e. The first-order chi connectivity index (χ1) is 9.86. The highest BCUT2D eigenvalue weighted by molar-refractivity contribution is 5.42. The molecule has 1 N–H and O–H groups in total. The van der Waals surface area contributed by atoms with Crippen molar-refractivity contribution in [3.8, 4) is 0 Å². The lowest BCUT2D eigenvalue weighted by atomic mass is 10.2. The molecule has 5 nitrogen and oxygen atoms in total. The number of likely N-dealkylation sites (tertiary alicyclic amines) is 1. The highest BCUT2D eigenvalue weighted by Gasteiger charge is 2.28. The predicted molar refractivity (Wildman–Crippen MR) is 79.9 cm³/mol. The zero-order valence-electron chi connectivity index (χ0n) is 12.2. The second-order valence-corrected chi connectivity index (χ2v) is 5.59. The maximum absolute atomic E-state index is 5.44. The van der Waals surface area contributed by atoms with Crippen LogP contribution in [0.2, 0.25) is 0 Å². The van der Waals surface area contributed by atoms with E-state index in [0.717, 1.165) is 45.2 Å². The summed E-state index contributed by atoms with van der Waals surface area (Å²) in [7, 11) is 1.94. The number of hydrogen-bond acceptors (Lipinski definition) is 5. The smallest absolute Gasteiger partial charge is 0.130 e. The third-order valence-electron chi connectivity index (χ3n) is 4.33. The van der Waals surface area contributed by atoms with E-state index >= 15 is 0 Å². The van der Waals surface area contributed by atoms with E-state index in [2.05, 4.69) is 26.2 Å². The van der Waals surface area contributed by atoms with Crippen molar-refractivity contribution in [3.05, 3.63) is 23.9 Å². The molecule has 0 spiro atoms. The molecule has 1 unspecified atom stereocenters. The molecule has 0 radical (unpaired) electrons. The molecular weight excluding hydrogens is 252 g/mol. The molecule has 1 aromatic heterocycles. The number of aromatic nitrogens is 1. The van der Waals surface area contributed by atoms with E-state index in [9.17, 15) is 0 Å². The Balaban J connectivity index is 1.57. The summed E-state index contributed by atoms with van der Waals surface area (Å²) in [6.07, 6.45) is 3.12. The van der Waals surface area contributed by atoms with Gasteiger partial charge in [0.2, 0.25) is 0 Å². The summed E-state index contributed by atoms with van der Waals surface area (Å²) in [6.45, 7) is 7.30. The molecule has 0 aromatic carbocycles. The Morgan fingerprint density at radius 2 is 2.20 bits per heavy atom. The van der Waals surface area contributed by atoms with Gasteiger partial charge in [0, 0.05) is 57.6 Å². The lowest BCUT2D eigenvalue weighted by molar-refractivity contribution is 0.0184. The summed E-state index contributed by atoms with van der Waals surface area (Å²) in [4.78, 5) is 9.51. The van der Waals surface area contributed by atoms with Gasteiger partial charge in [0.15, 0.2) is 0 Å². The maximum atomic E-state index is 5.44. The number of rotatable bonds is 4. The molecule has 0 saturated carbocycles. The average Bonchev–Trinajstić information content (AvgIpc) is 2.97. The number of anilines is 1. The SMILES string of the molecule is CNc1ncccc1CN1CCC(N2CCOCC2)C1. The van der Waals surface area contributed by atoms with Crippen molar-refractivity contribution in [2.45, 2.75) is 19.0 Å². The average molecular weight is 276 g/mol. The summed E-state index contributed by atoms with van der Waals surface area (Å²) in [5.41, 5.74) is 1.29. The fraction of sp³-hybridized carbons (Fsp3) is 0.667. The highest BCUT2D eigenvalue weighted by atomic mass is 16.5. The monoisotopic (exact) mass is 276 g/mol. The van der Waals surface area contributed by atoms with E-state index in [0.29, 0.717) is 6.04 Å². The van der Waals surface area contributed by atoms with E-state index in [1.54, 1.807) is 0 Å². The van der Waals surface area contributed by atoms with Gasteiger partial charge in [0.05, 0.1) is 13.2 Å². The summed E-state index contributed by atoms with van der Waals surface area (Å²) in [6, 6.07) is 4.89. The van der Waals surface area contributed by atoms with Gasteiger partial charge in [-0.25, -0.2) is 4.98 Å². The highest BCUT2D eigenvalue weighted by Crippen LogP contribution is 2.21. The van der Waals surface area contributed by atoms with Crippen molar-refractivity contribution in [2.24, 2.45) is 0 Å². The molecule has 3 heterocycles. The second kappa shape index (κ2) is 6.52. The zero-order valence-corrected chi connectivity index (χ0v) is 12.2. The molecule has 5 heteroatoms. The molecule has 110 valence electrons. The van der Waals surface area contributed by atoms with E-state index < -0.39 is 0 Å². The van der Waals surface area contributed by atoms with Gasteiger partial charge in [0.1, 0.15) is 5.82 Å². The maximum Gasteiger partial charge on any atom is 0.130 e. The Kier molecular flexibility index (Phi) is 4.50. The molecule has 2 aliphatic heterocycles. The van der Waals surface area contributed by atoms with E-state index in [1.807, 2.05) is 19.3 Å². The summed E-state index contributed by atoms with van der Waals surface area (Å²) in [5, 5.41) is 3.18. The van der Waals surface area contributed by atoms with E-state index in [-0.39, 0.29) is 0 Å². The Hall–Kier alpha value is -1.17. The van der Waals surface area contributed by atoms with Gasteiger partial charge in [-0.1, -0.05) is 6.07 Å². The standard InChI is InChI=1S/C15H24N4O/c1-16-15-13(3-2-5-17-15)11-18-6-4-14(12-18)19-7-9-20-10-8-19/h2-3,5,14H,4,6-12H2,1H3,(H,16,17). The Bertz CT molecular complexity index is 434. The molecular formula is C15H24N4O. The predicted octanol–water partition coefficient (Wildman–Crippen LogP) is 1.03. The number of pyridine rings is 1. The van der Waals surface area contributed by atoms with Crippen LogP contribution in [0.15, 0.2) is 18.3 Å². The first kappa shape index (κ1) is 13.8. The van der Waals surface area contributed by atoms with Crippen LogP contribution in [0.25, 0.3) is 0 Å². The molecule has 3 rings (SSSR count). The summed E-state index contributed by atoms with van der Waals surface area (Å²) in [5.74, 6) is 1.00. The van der Waals surface area contributed by atoms with Gasteiger partial charge >= 0.3 is 0 Å². The number of hydrogen-bond donors (Lipinski definition) is 1. The Morgan fingerprint density at radius 1 is 1.35 bits per heavy atom. The van der Waals surface area contributed by atoms with Crippen molar-refractivity contribution < 1.29 is 4.74 Å². The van der Waals surface area contributed by atoms with Crippen LogP contribution >= 0.6 is 0 Å². The van der Waals surface area contributed by atoms with Crippen LogP contribution in [0, 0.1) is 0 Å². The van der Waals surface area contributed by atoms with Gasteiger partial charge in [0.25, 0.3) is 0 Å². The minimum Gasteiger partial charge on any atom is -0.379 e. The quantitative estimate of drug-likeness (QED) is 0.889. The van der Waals surface area contributed by atoms with Gasteiger partial charge in [-0.3, -0.25) is 9.80 Å². The lowest BCUT2D eigenvalue weighted by Gasteiger charge is -2.32. The molecule has 0 amide bonds. The van der Waals surface area contributed by atoms with Crippen molar-refractivity contribution >= 4 is 5.82 Å². The molecule has 2 saturated heterocycles. The number of morpholine rings is 1. The minimum absolute atomic E-state index is 0.702. The first-order valence-electron chi connectivity index (χ1n) is 7.52.